The van der Waals surface area contributed by atoms with Gasteiger partial charge in [0.2, 0.25) is 5.91 Å². The molecule has 5 nitrogen and oxygen atoms in total. The number of hydrogen-bond acceptors (Lipinski definition) is 4. The topological polar surface area (TPSA) is 81.4 Å². The lowest BCUT2D eigenvalue weighted by Gasteiger charge is -2.19. The molecule has 114 valence electrons. The van der Waals surface area contributed by atoms with Crippen molar-refractivity contribution in [2.24, 2.45) is 17.6 Å². The minimum Gasteiger partial charge on any atom is -0.465 e. The summed E-state index contributed by atoms with van der Waals surface area (Å²) in [5, 5.41) is 2.88. The summed E-state index contributed by atoms with van der Waals surface area (Å²) in [7, 11) is 1.34. The van der Waals surface area contributed by atoms with Crippen molar-refractivity contribution in [3.8, 4) is 0 Å². The van der Waals surface area contributed by atoms with Crippen LogP contribution in [0.25, 0.3) is 0 Å². The van der Waals surface area contributed by atoms with Gasteiger partial charge in [-0.25, -0.2) is 4.79 Å². The second-order valence-corrected chi connectivity index (χ2v) is 5.51. The molecule has 1 fully saturated rings. The number of rotatable bonds is 4. The molecule has 21 heavy (non-hydrogen) atoms. The number of esters is 1. The third-order valence-corrected chi connectivity index (χ3v) is 4.22. The Morgan fingerprint density at radius 1 is 1.38 bits per heavy atom. The zero-order valence-electron chi connectivity index (χ0n) is 12.5. The Morgan fingerprint density at radius 3 is 2.81 bits per heavy atom. The molecule has 1 aromatic carbocycles. The van der Waals surface area contributed by atoms with E-state index in [1.807, 2.05) is 19.1 Å². The highest BCUT2D eigenvalue weighted by molar-refractivity contribution is 6.03. The molecule has 2 atom stereocenters. The fourth-order valence-corrected chi connectivity index (χ4v) is 3.03. The Labute approximate surface area is 124 Å². The zero-order valence-corrected chi connectivity index (χ0v) is 12.5. The molecule has 0 heterocycles. The first-order chi connectivity index (χ1) is 10.1. The third-order valence-electron chi connectivity index (χ3n) is 4.22. The Bertz CT molecular complexity index is 542. The second kappa shape index (κ2) is 6.72. The van der Waals surface area contributed by atoms with Crippen LogP contribution in [0.15, 0.2) is 18.2 Å². The van der Waals surface area contributed by atoms with Gasteiger partial charge in [-0.2, -0.15) is 0 Å². The van der Waals surface area contributed by atoms with Crippen LogP contribution in [0.4, 0.5) is 5.69 Å². The number of anilines is 1. The molecular weight excluding hydrogens is 268 g/mol. The number of benzene rings is 1. The van der Waals surface area contributed by atoms with E-state index in [9.17, 15) is 9.59 Å². The number of aryl methyl sites for hydroxylation is 1. The van der Waals surface area contributed by atoms with E-state index in [0.29, 0.717) is 17.8 Å². The summed E-state index contributed by atoms with van der Waals surface area (Å²) < 4.78 is 4.80. The minimum absolute atomic E-state index is 0.0568. The Kier molecular flexibility index (Phi) is 4.96. The van der Waals surface area contributed by atoms with Crippen molar-refractivity contribution in [3.63, 3.8) is 0 Å². The highest BCUT2D eigenvalue weighted by Crippen LogP contribution is 2.32. The molecule has 0 aromatic heterocycles. The zero-order chi connectivity index (χ0) is 15.4. The number of nitrogens with two attached hydrogens (primary N) is 1. The van der Waals surface area contributed by atoms with Crippen LogP contribution in [0, 0.1) is 18.8 Å². The van der Waals surface area contributed by atoms with Gasteiger partial charge in [0, 0.05) is 5.92 Å². The van der Waals surface area contributed by atoms with Gasteiger partial charge in [0.05, 0.1) is 18.4 Å². The first-order valence-electron chi connectivity index (χ1n) is 7.27. The molecule has 3 N–H and O–H groups in total. The summed E-state index contributed by atoms with van der Waals surface area (Å²) in [4.78, 5) is 24.3. The van der Waals surface area contributed by atoms with Crippen LogP contribution in [-0.4, -0.2) is 25.5 Å². The largest absolute Gasteiger partial charge is 0.465 e. The first kappa shape index (κ1) is 15.5. The summed E-state index contributed by atoms with van der Waals surface area (Å²) in [6.07, 6.45) is 2.87. The number of ether oxygens (including phenoxy) is 1. The van der Waals surface area contributed by atoms with Crippen LogP contribution in [0.1, 0.15) is 35.2 Å². The van der Waals surface area contributed by atoms with Gasteiger partial charge in [0.25, 0.3) is 0 Å². The van der Waals surface area contributed by atoms with Crippen LogP contribution < -0.4 is 11.1 Å². The van der Waals surface area contributed by atoms with E-state index in [0.717, 1.165) is 24.8 Å². The lowest BCUT2D eigenvalue weighted by atomic mass is 9.95. The van der Waals surface area contributed by atoms with Crippen molar-refractivity contribution in [1.29, 1.82) is 0 Å². The Balaban J connectivity index is 2.21. The van der Waals surface area contributed by atoms with Gasteiger partial charge < -0.3 is 15.8 Å². The average molecular weight is 290 g/mol. The van der Waals surface area contributed by atoms with Crippen molar-refractivity contribution in [2.75, 3.05) is 19.0 Å². The van der Waals surface area contributed by atoms with Crippen LogP contribution >= 0.6 is 0 Å². The van der Waals surface area contributed by atoms with Gasteiger partial charge in [-0.3, -0.25) is 4.79 Å². The summed E-state index contributed by atoms with van der Waals surface area (Å²) in [6.45, 7) is 2.34. The molecule has 0 unspecified atom stereocenters. The average Bonchev–Trinajstić information content (AvgIpc) is 2.95. The van der Waals surface area contributed by atoms with Gasteiger partial charge in [-0.1, -0.05) is 18.6 Å². The summed E-state index contributed by atoms with van der Waals surface area (Å²) in [6, 6.07) is 5.36. The monoisotopic (exact) mass is 290 g/mol. The van der Waals surface area contributed by atoms with Gasteiger partial charge in [0.15, 0.2) is 0 Å². The van der Waals surface area contributed by atoms with E-state index >= 15 is 0 Å². The highest BCUT2D eigenvalue weighted by atomic mass is 16.5. The van der Waals surface area contributed by atoms with Crippen molar-refractivity contribution in [3.05, 3.63) is 29.3 Å². The summed E-state index contributed by atoms with van der Waals surface area (Å²) in [5.41, 5.74) is 7.43. The van der Waals surface area contributed by atoms with Gasteiger partial charge in [-0.15, -0.1) is 0 Å². The number of carbonyl (C=O) groups is 2. The molecule has 1 amide bonds. The van der Waals surface area contributed by atoms with E-state index in [4.69, 9.17) is 10.5 Å². The maximum atomic E-state index is 12.4. The standard InChI is InChI=1S/C16H22N2O3/c1-10-5-3-8-13(14(10)16(20)21-2)18-15(19)12-7-4-6-11(12)9-17/h3,5,8,11-12H,4,6-7,9,17H2,1-2H3,(H,18,19)/t11-,12-/m1/s1. The molecular formula is C16H22N2O3. The molecule has 0 radical (unpaired) electrons. The SMILES string of the molecule is COC(=O)c1c(C)cccc1NC(=O)[C@@H]1CCC[C@@H]1CN. The maximum Gasteiger partial charge on any atom is 0.340 e. The number of amides is 1. The molecule has 0 aliphatic heterocycles. The predicted molar refractivity (Wildman–Crippen MR) is 81.0 cm³/mol. The van der Waals surface area contributed by atoms with Crippen molar-refractivity contribution in [2.45, 2.75) is 26.2 Å². The molecule has 0 spiro atoms. The molecule has 0 bridgehead atoms. The van der Waals surface area contributed by atoms with Gasteiger partial charge in [0.1, 0.15) is 0 Å². The normalized spacial score (nSPS) is 21.1. The van der Waals surface area contributed by atoms with Crippen LogP contribution in [0.5, 0.6) is 0 Å². The van der Waals surface area contributed by atoms with Crippen molar-refractivity contribution < 1.29 is 14.3 Å². The Hall–Kier alpha value is -1.88. The number of hydrogen-bond donors (Lipinski definition) is 2. The van der Waals surface area contributed by atoms with Crippen LogP contribution in [0.2, 0.25) is 0 Å². The molecule has 0 saturated heterocycles. The summed E-state index contributed by atoms with van der Waals surface area (Å²) >= 11 is 0. The molecule has 5 heteroatoms. The molecule has 1 aliphatic rings. The van der Waals surface area contributed by atoms with E-state index in [1.54, 1.807) is 6.07 Å². The molecule has 2 rings (SSSR count). The minimum atomic E-state index is -0.440. The molecule has 1 aromatic rings. The van der Waals surface area contributed by atoms with Gasteiger partial charge in [-0.05, 0) is 43.9 Å². The van der Waals surface area contributed by atoms with Crippen LogP contribution in [0.3, 0.4) is 0 Å². The molecule has 1 saturated carbocycles. The first-order valence-corrected chi connectivity index (χ1v) is 7.27. The third kappa shape index (κ3) is 3.24. The number of carbonyl (C=O) groups excluding carboxylic acids is 2. The van der Waals surface area contributed by atoms with Crippen LogP contribution in [-0.2, 0) is 9.53 Å². The highest BCUT2D eigenvalue weighted by Gasteiger charge is 2.32. The lowest BCUT2D eigenvalue weighted by Crippen LogP contribution is -2.30. The quantitative estimate of drug-likeness (QED) is 0.832. The molecule has 1 aliphatic carbocycles. The maximum absolute atomic E-state index is 12.4. The van der Waals surface area contributed by atoms with E-state index in [-0.39, 0.29) is 17.7 Å². The fourth-order valence-electron chi connectivity index (χ4n) is 3.03. The Morgan fingerprint density at radius 2 is 2.14 bits per heavy atom. The van der Waals surface area contributed by atoms with E-state index in [1.165, 1.54) is 7.11 Å². The fraction of sp³-hybridized carbons (Fsp3) is 0.500. The number of methoxy groups -OCH3 is 1. The summed E-state index contributed by atoms with van der Waals surface area (Å²) in [5.74, 6) is -0.332. The van der Waals surface area contributed by atoms with Gasteiger partial charge >= 0.3 is 5.97 Å². The smallest absolute Gasteiger partial charge is 0.340 e. The van der Waals surface area contributed by atoms with Crippen molar-refractivity contribution in [1.82, 2.24) is 0 Å². The lowest BCUT2D eigenvalue weighted by molar-refractivity contribution is -0.120. The van der Waals surface area contributed by atoms with E-state index in [2.05, 4.69) is 5.32 Å². The van der Waals surface area contributed by atoms with Crippen molar-refractivity contribution >= 4 is 17.6 Å². The second-order valence-electron chi connectivity index (χ2n) is 5.51. The van der Waals surface area contributed by atoms with E-state index < -0.39 is 5.97 Å². The predicted octanol–water partition coefficient (Wildman–Crippen LogP) is 2.10. The number of nitrogens with one attached hydrogen (secondary N) is 1.